The number of aldehydes is 1. The van der Waals surface area contributed by atoms with E-state index < -0.39 is 12.1 Å². The quantitative estimate of drug-likeness (QED) is 0.780. The topological polar surface area (TPSA) is 82.1 Å². The fourth-order valence-electron chi connectivity index (χ4n) is 2.20. The molecule has 0 amide bonds. The van der Waals surface area contributed by atoms with E-state index in [9.17, 15) is 9.59 Å². The van der Waals surface area contributed by atoms with Crippen LogP contribution in [-0.4, -0.2) is 36.4 Å². The van der Waals surface area contributed by atoms with Gasteiger partial charge in [0.2, 0.25) is 0 Å². The summed E-state index contributed by atoms with van der Waals surface area (Å²) in [5.41, 5.74) is 0.289. The van der Waals surface area contributed by atoms with Gasteiger partial charge in [-0.3, -0.25) is 4.79 Å². The predicted octanol–water partition coefficient (Wildman–Crippen LogP) is 2.65. The van der Waals surface area contributed by atoms with Crippen LogP contribution in [0.1, 0.15) is 43.0 Å². The van der Waals surface area contributed by atoms with Gasteiger partial charge in [0.15, 0.2) is 18.7 Å². The van der Waals surface area contributed by atoms with Gasteiger partial charge in [0, 0.05) is 12.5 Å². The molecule has 1 fully saturated rings. The van der Waals surface area contributed by atoms with Crippen LogP contribution in [0.5, 0.6) is 11.5 Å². The lowest BCUT2D eigenvalue weighted by Crippen LogP contribution is -2.27. The minimum absolute atomic E-state index is 0.206. The maximum absolute atomic E-state index is 11.1. The average Bonchev–Trinajstić information content (AvgIpc) is 2.53. The van der Waals surface area contributed by atoms with E-state index in [1.807, 2.05) is 0 Å². The van der Waals surface area contributed by atoms with E-state index in [1.165, 1.54) is 6.07 Å². The molecule has 0 saturated carbocycles. The van der Waals surface area contributed by atoms with Gasteiger partial charge in [-0.25, -0.2) is 4.79 Å². The summed E-state index contributed by atoms with van der Waals surface area (Å²) >= 11 is 0. The van der Waals surface area contributed by atoms with Gasteiger partial charge in [-0.1, -0.05) is 6.92 Å². The lowest BCUT2D eigenvalue weighted by Gasteiger charge is -2.24. The van der Waals surface area contributed by atoms with E-state index in [4.69, 9.17) is 19.3 Å². The number of aliphatic carboxylic acids is 1. The molecule has 1 aromatic carbocycles. The predicted molar refractivity (Wildman–Crippen MR) is 78.4 cm³/mol. The molecule has 6 heteroatoms. The van der Waals surface area contributed by atoms with Crippen LogP contribution in [0.3, 0.4) is 0 Å². The summed E-state index contributed by atoms with van der Waals surface area (Å²) in [4.78, 5) is 22.1. The molecule has 0 aliphatic carbocycles. The van der Waals surface area contributed by atoms with Crippen molar-refractivity contribution in [3.8, 4) is 11.5 Å². The molecule has 2 atom stereocenters. The number of carbonyl (C=O) groups excluding carboxylic acids is 1. The highest BCUT2D eigenvalue weighted by atomic mass is 16.7. The van der Waals surface area contributed by atoms with Crippen LogP contribution >= 0.6 is 0 Å². The first-order chi connectivity index (χ1) is 10.6. The highest BCUT2D eigenvalue weighted by molar-refractivity contribution is 5.80. The van der Waals surface area contributed by atoms with Crippen molar-refractivity contribution in [2.24, 2.45) is 0 Å². The van der Waals surface area contributed by atoms with Crippen molar-refractivity contribution in [2.45, 2.75) is 45.0 Å². The van der Waals surface area contributed by atoms with Gasteiger partial charge < -0.3 is 19.3 Å². The summed E-state index contributed by atoms with van der Waals surface area (Å²) in [5.74, 6) is -0.369. The van der Waals surface area contributed by atoms with Gasteiger partial charge in [-0.15, -0.1) is 0 Å². The molecule has 1 aliphatic rings. The zero-order chi connectivity index (χ0) is 15.9. The van der Waals surface area contributed by atoms with E-state index in [-0.39, 0.29) is 17.6 Å². The first-order valence-electron chi connectivity index (χ1n) is 7.41. The standard InChI is InChI=1S/C16H20O6/c1-2-13(16(18)19)22-14-9-12(7-6-11(14)10-17)21-15-5-3-4-8-20-15/h6-7,9-10,13,15H,2-5,8H2,1H3,(H,18,19). The average molecular weight is 308 g/mol. The normalized spacial score (nSPS) is 19.2. The van der Waals surface area contributed by atoms with E-state index in [1.54, 1.807) is 19.1 Å². The number of carbonyl (C=O) groups is 2. The lowest BCUT2D eigenvalue weighted by molar-refractivity contribution is -0.145. The van der Waals surface area contributed by atoms with Gasteiger partial charge in [0.25, 0.3) is 0 Å². The third-order valence-corrected chi connectivity index (χ3v) is 3.43. The fraction of sp³-hybridized carbons (Fsp3) is 0.500. The molecule has 120 valence electrons. The van der Waals surface area contributed by atoms with E-state index in [0.29, 0.717) is 25.1 Å². The summed E-state index contributed by atoms with van der Waals surface area (Å²) in [5, 5.41) is 9.06. The van der Waals surface area contributed by atoms with Gasteiger partial charge in [0.05, 0.1) is 12.2 Å². The number of hydrogen-bond acceptors (Lipinski definition) is 5. The maximum Gasteiger partial charge on any atom is 0.344 e. The minimum atomic E-state index is -1.07. The maximum atomic E-state index is 11.1. The van der Waals surface area contributed by atoms with Crippen molar-refractivity contribution in [1.82, 2.24) is 0 Å². The molecule has 0 spiro atoms. The van der Waals surface area contributed by atoms with Gasteiger partial charge >= 0.3 is 5.97 Å². The molecule has 6 nitrogen and oxygen atoms in total. The Labute approximate surface area is 129 Å². The molecule has 22 heavy (non-hydrogen) atoms. The van der Waals surface area contributed by atoms with Crippen LogP contribution in [0, 0.1) is 0 Å². The summed E-state index contributed by atoms with van der Waals surface area (Å²) < 4.78 is 16.6. The third kappa shape index (κ3) is 4.21. The van der Waals surface area contributed by atoms with Crippen molar-refractivity contribution in [3.05, 3.63) is 23.8 Å². The number of ether oxygens (including phenoxy) is 3. The number of rotatable bonds is 7. The van der Waals surface area contributed by atoms with Crippen LogP contribution in [0.2, 0.25) is 0 Å². The van der Waals surface area contributed by atoms with Crippen molar-refractivity contribution in [2.75, 3.05) is 6.61 Å². The van der Waals surface area contributed by atoms with E-state index >= 15 is 0 Å². The fourth-order valence-corrected chi connectivity index (χ4v) is 2.20. The Bertz CT molecular complexity index is 521. The molecule has 2 unspecified atom stereocenters. The Kier molecular flexibility index (Phi) is 5.77. The molecule has 1 saturated heterocycles. The van der Waals surface area contributed by atoms with Crippen LogP contribution in [0.15, 0.2) is 18.2 Å². The Morgan fingerprint density at radius 1 is 1.50 bits per heavy atom. The highest BCUT2D eigenvalue weighted by Crippen LogP contribution is 2.27. The van der Waals surface area contributed by atoms with Gasteiger partial charge in [-0.2, -0.15) is 0 Å². The van der Waals surface area contributed by atoms with Crippen LogP contribution in [0.25, 0.3) is 0 Å². The summed E-state index contributed by atoms with van der Waals surface area (Å²) in [6.07, 6.45) is 2.48. The first-order valence-corrected chi connectivity index (χ1v) is 7.41. The highest BCUT2D eigenvalue weighted by Gasteiger charge is 2.20. The second-order valence-corrected chi connectivity index (χ2v) is 5.08. The summed E-state index contributed by atoms with van der Waals surface area (Å²) in [7, 11) is 0. The SMILES string of the molecule is CCC(Oc1cc(OC2CCCCO2)ccc1C=O)C(=O)O. The minimum Gasteiger partial charge on any atom is -0.479 e. The molecular formula is C16H20O6. The second kappa shape index (κ2) is 7.79. The van der Waals surface area contributed by atoms with E-state index in [2.05, 4.69) is 0 Å². The van der Waals surface area contributed by atoms with Crippen molar-refractivity contribution >= 4 is 12.3 Å². The molecule has 0 radical (unpaired) electrons. The molecule has 0 aromatic heterocycles. The van der Waals surface area contributed by atoms with Crippen LogP contribution in [-0.2, 0) is 9.53 Å². The smallest absolute Gasteiger partial charge is 0.344 e. The third-order valence-electron chi connectivity index (χ3n) is 3.43. The van der Waals surface area contributed by atoms with E-state index in [0.717, 1.165) is 19.3 Å². The van der Waals surface area contributed by atoms with Crippen molar-refractivity contribution in [3.63, 3.8) is 0 Å². The second-order valence-electron chi connectivity index (χ2n) is 5.08. The molecule has 0 bridgehead atoms. The summed E-state index contributed by atoms with van der Waals surface area (Å²) in [6, 6.07) is 4.73. The molecule has 1 heterocycles. The number of carboxylic acid groups (broad SMARTS) is 1. The van der Waals surface area contributed by atoms with Crippen molar-refractivity contribution in [1.29, 1.82) is 0 Å². The molecular weight excluding hydrogens is 288 g/mol. The lowest BCUT2D eigenvalue weighted by atomic mass is 10.2. The molecule has 1 N–H and O–H groups in total. The molecule has 1 aliphatic heterocycles. The zero-order valence-electron chi connectivity index (χ0n) is 12.5. The van der Waals surface area contributed by atoms with Gasteiger partial charge in [-0.05, 0) is 31.4 Å². The Morgan fingerprint density at radius 2 is 2.32 bits per heavy atom. The first kappa shape index (κ1) is 16.3. The Hall–Kier alpha value is -2.08. The number of benzene rings is 1. The Morgan fingerprint density at radius 3 is 2.91 bits per heavy atom. The zero-order valence-corrected chi connectivity index (χ0v) is 12.5. The number of hydrogen-bond donors (Lipinski definition) is 1. The largest absolute Gasteiger partial charge is 0.479 e. The van der Waals surface area contributed by atoms with Crippen LogP contribution in [0.4, 0.5) is 0 Å². The number of carboxylic acids is 1. The molecule has 1 aromatic rings. The van der Waals surface area contributed by atoms with Crippen molar-refractivity contribution < 1.29 is 28.9 Å². The molecule has 2 rings (SSSR count). The van der Waals surface area contributed by atoms with Gasteiger partial charge in [0.1, 0.15) is 11.5 Å². The Balaban J connectivity index is 2.14. The summed E-state index contributed by atoms with van der Waals surface area (Å²) in [6.45, 7) is 2.37. The monoisotopic (exact) mass is 308 g/mol. The van der Waals surface area contributed by atoms with Crippen LogP contribution < -0.4 is 9.47 Å².